The highest BCUT2D eigenvalue weighted by molar-refractivity contribution is 5.32. The van der Waals surface area contributed by atoms with E-state index in [1.807, 2.05) is 12.1 Å². The van der Waals surface area contributed by atoms with Crippen LogP contribution in [0.3, 0.4) is 0 Å². The first-order valence-corrected chi connectivity index (χ1v) is 7.84. The summed E-state index contributed by atoms with van der Waals surface area (Å²) in [6, 6.07) is 7.41. The molecule has 0 spiro atoms. The molecule has 1 fully saturated rings. The van der Waals surface area contributed by atoms with E-state index in [-0.39, 0.29) is 10.6 Å². The molecule has 1 aliphatic rings. The molecule has 116 valence electrons. The predicted octanol–water partition coefficient (Wildman–Crippen LogP) is 4.29. The molecule has 0 bridgehead atoms. The standard InChI is InChI=1S/C17H26N2O2/c1-17(2,3)15-6-4-5-7-16(15)18-12-13-8-10-14(11-9-13)19(20)21/h8-11,15-16,18H,4-7,12H2,1-3H3. The summed E-state index contributed by atoms with van der Waals surface area (Å²) in [4.78, 5) is 10.3. The van der Waals surface area contributed by atoms with Crippen molar-refractivity contribution in [2.75, 3.05) is 0 Å². The molecule has 0 radical (unpaired) electrons. The Morgan fingerprint density at radius 2 is 1.81 bits per heavy atom. The molecule has 1 aromatic rings. The number of nitro groups is 1. The summed E-state index contributed by atoms with van der Waals surface area (Å²) in [6.07, 6.45) is 5.15. The molecule has 0 saturated heterocycles. The zero-order valence-corrected chi connectivity index (χ0v) is 13.3. The summed E-state index contributed by atoms with van der Waals surface area (Å²) in [7, 11) is 0. The van der Waals surface area contributed by atoms with Crippen molar-refractivity contribution >= 4 is 5.69 Å². The van der Waals surface area contributed by atoms with E-state index >= 15 is 0 Å². The molecule has 21 heavy (non-hydrogen) atoms. The maximum atomic E-state index is 10.7. The lowest BCUT2D eigenvalue weighted by atomic mass is 9.69. The quantitative estimate of drug-likeness (QED) is 0.665. The van der Waals surface area contributed by atoms with Crippen LogP contribution in [0.2, 0.25) is 0 Å². The molecule has 2 rings (SSSR count). The molecule has 4 nitrogen and oxygen atoms in total. The number of non-ortho nitro benzene ring substituents is 1. The average Bonchev–Trinajstić information content (AvgIpc) is 2.45. The topological polar surface area (TPSA) is 55.2 Å². The number of hydrogen-bond acceptors (Lipinski definition) is 3. The summed E-state index contributed by atoms with van der Waals surface area (Å²) >= 11 is 0. The zero-order valence-electron chi connectivity index (χ0n) is 13.3. The van der Waals surface area contributed by atoms with E-state index in [9.17, 15) is 10.1 Å². The normalized spacial score (nSPS) is 23.0. The van der Waals surface area contributed by atoms with Gasteiger partial charge in [0.15, 0.2) is 0 Å². The second-order valence-corrected chi connectivity index (χ2v) is 7.17. The number of nitrogens with zero attached hydrogens (tertiary/aromatic N) is 1. The van der Waals surface area contributed by atoms with E-state index < -0.39 is 0 Å². The van der Waals surface area contributed by atoms with Crippen molar-refractivity contribution in [3.63, 3.8) is 0 Å². The van der Waals surface area contributed by atoms with Crippen molar-refractivity contribution in [1.82, 2.24) is 5.32 Å². The van der Waals surface area contributed by atoms with Crippen LogP contribution in [0.4, 0.5) is 5.69 Å². The van der Waals surface area contributed by atoms with Crippen LogP contribution in [0.25, 0.3) is 0 Å². The van der Waals surface area contributed by atoms with Gasteiger partial charge < -0.3 is 5.32 Å². The summed E-state index contributed by atoms with van der Waals surface area (Å²) in [6.45, 7) is 7.76. The Kier molecular flexibility index (Phi) is 4.99. The largest absolute Gasteiger partial charge is 0.310 e. The van der Waals surface area contributed by atoms with Crippen LogP contribution < -0.4 is 5.32 Å². The number of nitro benzene ring substituents is 1. The van der Waals surface area contributed by atoms with Crippen molar-refractivity contribution in [2.45, 2.75) is 59.0 Å². The summed E-state index contributed by atoms with van der Waals surface area (Å²) in [5.74, 6) is 0.698. The molecular weight excluding hydrogens is 264 g/mol. The Hall–Kier alpha value is -1.42. The molecule has 0 aromatic heterocycles. The van der Waals surface area contributed by atoms with Gasteiger partial charge in [-0.05, 0) is 29.7 Å². The number of benzene rings is 1. The molecule has 1 aliphatic carbocycles. The highest BCUT2D eigenvalue weighted by atomic mass is 16.6. The van der Waals surface area contributed by atoms with E-state index in [2.05, 4.69) is 26.1 Å². The van der Waals surface area contributed by atoms with Gasteiger partial charge >= 0.3 is 0 Å². The van der Waals surface area contributed by atoms with Gasteiger partial charge in [-0.25, -0.2) is 0 Å². The lowest BCUT2D eigenvalue weighted by Gasteiger charge is -2.41. The number of nitrogens with one attached hydrogen (secondary N) is 1. The molecule has 0 aliphatic heterocycles. The van der Waals surface area contributed by atoms with Crippen LogP contribution in [0.15, 0.2) is 24.3 Å². The van der Waals surface area contributed by atoms with Crippen molar-refractivity contribution in [1.29, 1.82) is 0 Å². The molecule has 2 unspecified atom stereocenters. The smallest absolute Gasteiger partial charge is 0.269 e. The minimum atomic E-state index is -0.353. The Morgan fingerprint density at radius 3 is 2.38 bits per heavy atom. The number of rotatable bonds is 4. The first-order chi connectivity index (χ1) is 9.88. The summed E-state index contributed by atoms with van der Waals surface area (Å²) in [5, 5.41) is 14.3. The van der Waals surface area contributed by atoms with E-state index in [4.69, 9.17) is 0 Å². The number of hydrogen-bond donors (Lipinski definition) is 1. The van der Waals surface area contributed by atoms with Gasteiger partial charge in [0.25, 0.3) is 5.69 Å². The first-order valence-electron chi connectivity index (χ1n) is 7.84. The van der Waals surface area contributed by atoms with Gasteiger partial charge in [-0.3, -0.25) is 10.1 Å². The van der Waals surface area contributed by atoms with Crippen molar-refractivity contribution in [3.8, 4) is 0 Å². The molecule has 1 saturated carbocycles. The molecule has 1 aromatic carbocycles. The van der Waals surface area contributed by atoms with Crippen LogP contribution >= 0.6 is 0 Å². The maximum absolute atomic E-state index is 10.7. The van der Waals surface area contributed by atoms with E-state index in [1.54, 1.807) is 12.1 Å². The fraction of sp³-hybridized carbons (Fsp3) is 0.647. The molecule has 0 amide bonds. The minimum Gasteiger partial charge on any atom is -0.310 e. The Balaban J connectivity index is 1.96. The van der Waals surface area contributed by atoms with Gasteiger partial charge in [-0.2, -0.15) is 0 Å². The Bertz CT molecular complexity index is 477. The SMILES string of the molecule is CC(C)(C)C1CCCCC1NCc1ccc([N+](=O)[O-])cc1. The minimum absolute atomic E-state index is 0.156. The monoisotopic (exact) mass is 290 g/mol. The van der Waals surface area contributed by atoms with Crippen LogP contribution in [-0.4, -0.2) is 11.0 Å². The summed E-state index contributed by atoms with van der Waals surface area (Å²) < 4.78 is 0. The van der Waals surface area contributed by atoms with Crippen LogP contribution in [0.5, 0.6) is 0 Å². The van der Waals surface area contributed by atoms with E-state index in [0.717, 1.165) is 12.1 Å². The van der Waals surface area contributed by atoms with Crippen LogP contribution in [-0.2, 0) is 6.54 Å². The van der Waals surface area contributed by atoms with Gasteiger partial charge in [-0.15, -0.1) is 0 Å². The van der Waals surface area contributed by atoms with Gasteiger partial charge in [0.2, 0.25) is 0 Å². The van der Waals surface area contributed by atoms with Gasteiger partial charge in [-0.1, -0.05) is 45.7 Å². The summed E-state index contributed by atoms with van der Waals surface area (Å²) in [5.41, 5.74) is 1.59. The molecular formula is C17H26N2O2. The van der Waals surface area contributed by atoms with E-state index in [1.165, 1.54) is 25.7 Å². The van der Waals surface area contributed by atoms with Gasteiger partial charge in [0.05, 0.1) is 4.92 Å². The third-order valence-corrected chi connectivity index (χ3v) is 4.59. The van der Waals surface area contributed by atoms with Gasteiger partial charge in [0.1, 0.15) is 0 Å². The third kappa shape index (κ3) is 4.27. The maximum Gasteiger partial charge on any atom is 0.269 e. The molecule has 0 heterocycles. The first kappa shape index (κ1) is 16.0. The molecule has 4 heteroatoms. The fourth-order valence-electron chi connectivity index (χ4n) is 3.40. The highest BCUT2D eigenvalue weighted by Gasteiger charge is 2.33. The predicted molar refractivity (Wildman–Crippen MR) is 85.1 cm³/mol. The van der Waals surface area contributed by atoms with Gasteiger partial charge in [0, 0.05) is 24.7 Å². The Morgan fingerprint density at radius 1 is 1.19 bits per heavy atom. The van der Waals surface area contributed by atoms with Crippen molar-refractivity contribution < 1.29 is 4.92 Å². The highest BCUT2D eigenvalue weighted by Crippen LogP contribution is 2.38. The lowest BCUT2D eigenvalue weighted by Crippen LogP contribution is -2.43. The fourth-order valence-corrected chi connectivity index (χ4v) is 3.40. The van der Waals surface area contributed by atoms with E-state index in [0.29, 0.717) is 17.4 Å². The zero-order chi connectivity index (χ0) is 15.5. The molecule has 2 atom stereocenters. The second kappa shape index (κ2) is 6.56. The van der Waals surface area contributed by atoms with Crippen molar-refractivity contribution in [3.05, 3.63) is 39.9 Å². The second-order valence-electron chi connectivity index (χ2n) is 7.17. The average molecular weight is 290 g/mol. The van der Waals surface area contributed by atoms with Crippen molar-refractivity contribution in [2.24, 2.45) is 11.3 Å². The Labute approximate surface area is 127 Å². The molecule has 1 N–H and O–H groups in total. The lowest BCUT2D eigenvalue weighted by molar-refractivity contribution is -0.384. The third-order valence-electron chi connectivity index (χ3n) is 4.59. The van der Waals surface area contributed by atoms with Crippen LogP contribution in [0, 0.1) is 21.4 Å². The van der Waals surface area contributed by atoms with Crippen LogP contribution in [0.1, 0.15) is 52.0 Å².